The fourth-order valence-electron chi connectivity index (χ4n) is 4.24. The van der Waals surface area contributed by atoms with Crippen molar-refractivity contribution in [2.24, 2.45) is 0 Å². The number of ether oxygens (including phenoxy) is 1. The van der Waals surface area contributed by atoms with E-state index in [0.29, 0.717) is 12.1 Å². The summed E-state index contributed by atoms with van der Waals surface area (Å²) < 4.78 is 7.60. The van der Waals surface area contributed by atoms with Crippen LogP contribution in [-0.4, -0.2) is 24.3 Å². The fourth-order valence-corrected chi connectivity index (χ4v) is 4.24. The zero-order valence-electron chi connectivity index (χ0n) is 19.5. The predicted molar refractivity (Wildman–Crippen MR) is 134 cm³/mol. The van der Waals surface area contributed by atoms with Crippen LogP contribution in [0.2, 0.25) is 0 Å². The van der Waals surface area contributed by atoms with Crippen LogP contribution in [0.4, 0.5) is 10.5 Å². The maximum absolute atomic E-state index is 12.3. The number of hydrogen-bond donors (Lipinski definition) is 2. The highest BCUT2D eigenvalue weighted by Crippen LogP contribution is 2.35. The molecule has 1 heterocycles. The predicted octanol–water partition coefficient (Wildman–Crippen LogP) is 4.75. The number of aryl methyl sites for hydroxylation is 1. The Labute approximate surface area is 199 Å². The molecule has 4 aromatic rings. The van der Waals surface area contributed by atoms with Crippen LogP contribution in [0.1, 0.15) is 24.5 Å². The lowest BCUT2D eigenvalue weighted by Crippen LogP contribution is -2.85. The minimum absolute atomic E-state index is 0.117. The number of nitriles is 1. The second kappa shape index (κ2) is 10.7. The van der Waals surface area contributed by atoms with Crippen LogP contribution in [0, 0.1) is 11.3 Å². The third-order valence-electron chi connectivity index (χ3n) is 5.87. The number of fused-ring (bicyclic) bond motifs is 1. The van der Waals surface area contributed by atoms with E-state index in [-0.39, 0.29) is 6.03 Å². The molecule has 3 N–H and O–H groups in total. The lowest BCUT2D eigenvalue weighted by molar-refractivity contribution is -0.464. The first-order valence-electron chi connectivity index (χ1n) is 11.5. The molecule has 0 unspecified atom stereocenters. The monoisotopic (exact) mass is 453 g/mol. The SMILES string of the molecule is CCCn1c(-c2ccc([NH2+]C(=O)NCCc3ccccc3)cc2)c(C#N)c2ccc(OC)cc21. The van der Waals surface area contributed by atoms with Gasteiger partial charge in [-0.3, -0.25) is 0 Å². The van der Waals surface area contributed by atoms with Gasteiger partial charge in [-0.2, -0.15) is 5.26 Å². The second-order valence-corrected chi connectivity index (χ2v) is 8.16. The summed E-state index contributed by atoms with van der Waals surface area (Å²) >= 11 is 0. The Kier molecular flexibility index (Phi) is 7.26. The Balaban J connectivity index is 1.53. The highest BCUT2D eigenvalue weighted by Gasteiger charge is 2.19. The van der Waals surface area contributed by atoms with Gasteiger partial charge in [0.1, 0.15) is 17.5 Å². The summed E-state index contributed by atoms with van der Waals surface area (Å²) in [6.07, 6.45) is 1.73. The molecule has 0 radical (unpaired) electrons. The van der Waals surface area contributed by atoms with E-state index in [2.05, 4.69) is 35.0 Å². The van der Waals surface area contributed by atoms with Gasteiger partial charge in [0.05, 0.1) is 23.9 Å². The first kappa shape index (κ1) is 23.1. The molecule has 0 aliphatic heterocycles. The van der Waals surface area contributed by atoms with Gasteiger partial charge in [-0.15, -0.1) is 0 Å². The van der Waals surface area contributed by atoms with Gasteiger partial charge in [-0.1, -0.05) is 37.3 Å². The van der Waals surface area contributed by atoms with Gasteiger partial charge in [0.2, 0.25) is 0 Å². The Bertz CT molecular complexity index is 1320. The fraction of sp³-hybridized carbons (Fsp3) is 0.214. The molecule has 0 bridgehead atoms. The van der Waals surface area contributed by atoms with E-state index in [1.807, 2.05) is 60.7 Å². The number of nitrogens with two attached hydrogens (primary N) is 1. The molecule has 6 nitrogen and oxygen atoms in total. The lowest BCUT2D eigenvalue weighted by Gasteiger charge is -2.11. The highest BCUT2D eigenvalue weighted by molar-refractivity contribution is 5.95. The van der Waals surface area contributed by atoms with Gasteiger partial charge in [0.25, 0.3) is 0 Å². The minimum Gasteiger partial charge on any atom is -0.497 e. The molecule has 6 heteroatoms. The summed E-state index contributed by atoms with van der Waals surface area (Å²) in [5.74, 6) is 0.765. The molecule has 4 rings (SSSR count). The molecule has 34 heavy (non-hydrogen) atoms. The number of urea groups is 1. The van der Waals surface area contributed by atoms with Gasteiger partial charge in [0, 0.05) is 36.7 Å². The van der Waals surface area contributed by atoms with Crippen molar-refractivity contribution in [1.29, 1.82) is 5.26 Å². The Hall–Kier alpha value is -4.08. The molecular formula is C28H29N4O2+. The summed E-state index contributed by atoms with van der Waals surface area (Å²) in [5.41, 5.74) is 5.50. The largest absolute Gasteiger partial charge is 0.497 e. The van der Waals surface area contributed by atoms with E-state index in [1.54, 1.807) is 12.4 Å². The van der Waals surface area contributed by atoms with Gasteiger partial charge < -0.3 is 14.6 Å². The first-order chi connectivity index (χ1) is 16.6. The minimum atomic E-state index is -0.117. The summed E-state index contributed by atoms with van der Waals surface area (Å²) in [7, 11) is 1.65. The average Bonchev–Trinajstić information content (AvgIpc) is 3.18. The van der Waals surface area contributed by atoms with Crippen molar-refractivity contribution in [3.8, 4) is 23.1 Å². The molecule has 0 atom stereocenters. The van der Waals surface area contributed by atoms with Gasteiger partial charge in [-0.25, -0.2) is 10.1 Å². The normalized spacial score (nSPS) is 10.7. The van der Waals surface area contributed by atoms with Crippen LogP contribution in [0.3, 0.4) is 0 Å². The third-order valence-corrected chi connectivity index (χ3v) is 5.87. The molecule has 0 aliphatic rings. The lowest BCUT2D eigenvalue weighted by atomic mass is 10.1. The molecule has 0 saturated heterocycles. The van der Waals surface area contributed by atoms with Gasteiger partial charge >= 0.3 is 6.03 Å². The van der Waals surface area contributed by atoms with Crippen LogP contribution < -0.4 is 15.4 Å². The van der Waals surface area contributed by atoms with E-state index < -0.39 is 0 Å². The maximum Gasteiger partial charge on any atom is 0.418 e. The zero-order valence-corrected chi connectivity index (χ0v) is 19.5. The smallest absolute Gasteiger partial charge is 0.418 e. The molecule has 3 aromatic carbocycles. The van der Waals surface area contributed by atoms with Crippen LogP contribution in [0.5, 0.6) is 5.75 Å². The number of nitrogens with zero attached hydrogens (tertiary/aromatic N) is 2. The Morgan fingerprint density at radius 1 is 1.09 bits per heavy atom. The number of amides is 2. The third kappa shape index (κ3) is 4.95. The molecule has 0 saturated carbocycles. The highest BCUT2D eigenvalue weighted by atomic mass is 16.5. The number of quaternary nitrogens is 1. The van der Waals surface area contributed by atoms with E-state index in [4.69, 9.17) is 4.74 Å². The van der Waals surface area contributed by atoms with Crippen molar-refractivity contribution in [3.05, 3.63) is 83.9 Å². The summed E-state index contributed by atoms with van der Waals surface area (Å²) in [4.78, 5) is 12.3. The van der Waals surface area contributed by atoms with Crippen LogP contribution in [0.15, 0.2) is 72.8 Å². The number of hydrogen-bond acceptors (Lipinski definition) is 3. The number of aromatic nitrogens is 1. The molecule has 0 spiro atoms. The molecule has 0 aliphatic carbocycles. The van der Waals surface area contributed by atoms with Crippen molar-refractivity contribution in [3.63, 3.8) is 0 Å². The number of rotatable bonds is 8. The summed E-state index contributed by atoms with van der Waals surface area (Å²) in [6.45, 7) is 3.50. The standard InChI is InChI=1S/C28H28N4O2/c1-3-17-32-26-18-23(34-2)13-14-24(26)25(19-29)27(32)21-9-11-22(12-10-21)31-28(33)30-16-15-20-7-5-4-6-8-20/h4-14,18H,3,15-17H2,1-2H3,(H2,30,31,33)/p+1. The zero-order chi connectivity index (χ0) is 23.9. The van der Waals surface area contributed by atoms with Gasteiger partial charge in [-0.05, 0) is 48.2 Å². The number of nitrogens with one attached hydrogen (secondary N) is 1. The summed E-state index contributed by atoms with van der Waals surface area (Å²) in [5, 5.41) is 15.4. The second-order valence-electron chi connectivity index (χ2n) is 8.16. The first-order valence-corrected chi connectivity index (χ1v) is 11.5. The number of carbonyl (C=O) groups excluding carboxylic acids is 1. The molecule has 0 fully saturated rings. The van der Waals surface area contributed by atoms with E-state index >= 15 is 0 Å². The topological polar surface area (TPSA) is 83.7 Å². The Morgan fingerprint density at radius 2 is 1.85 bits per heavy atom. The van der Waals surface area contributed by atoms with Crippen molar-refractivity contribution < 1.29 is 14.8 Å². The average molecular weight is 454 g/mol. The summed E-state index contributed by atoms with van der Waals surface area (Å²) in [6, 6.07) is 26.0. The molecule has 2 amide bonds. The number of methoxy groups -OCH3 is 1. The molecular weight excluding hydrogens is 424 g/mol. The molecule has 1 aromatic heterocycles. The number of carbonyl (C=O) groups is 1. The van der Waals surface area contributed by atoms with E-state index in [0.717, 1.165) is 53.0 Å². The van der Waals surface area contributed by atoms with Crippen LogP contribution in [0.25, 0.3) is 22.2 Å². The number of benzene rings is 3. The Morgan fingerprint density at radius 3 is 2.53 bits per heavy atom. The van der Waals surface area contributed by atoms with Crippen molar-refractivity contribution >= 4 is 22.6 Å². The maximum atomic E-state index is 12.3. The number of primary amides is 1. The van der Waals surface area contributed by atoms with Crippen LogP contribution >= 0.6 is 0 Å². The van der Waals surface area contributed by atoms with Crippen molar-refractivity contribution in [2.45, 2.75) is 26.3 Å². The quantitative estimate of drug-likeness (QED) is 0.378. The van der Waals surface area contributed by atoms with Gasteiger partial charge in [0.15, 0.2) is 0 Å². The molecule has 172 valence electrons. The van der Waals surface area contributed by atoms with E-state index in [9.17, 15) is 10.1 Å². The van der Waals surface area contributed by atoms with Crippen molar-refractivity contribution in [2.75, 3.05) is 13.7 Å². The van der Waals surface area contributed by atoms with E-state index in [1.165, 1.54) is 5.56 Å². The van der Waals surface area contributed by atoms with Crippen LogP contribution in [-0.2, 0) is 13.0 Å². The van der Waals surface area contributed by atoms with Crippen molar-refractivity contribution in [1.82, 2.24) is 9.88 Å².